The number of carbonyl (C=O) groups excluding carboxylic acids is 2. The van der Waals surface area contributed by atoms with E-state index >= 15 is 0 Å². The van der Waals surface area contributed by atoms with E-state index in [2.05, 4.69) is 0 Å². The number of amides is 2. The average Bonchev–Trinajstić information content (AvgIpc) is 3.37. The molecule has 1 spiro atoms. The molecule has 2 amide bonds. The maximum Gasteiger partial charge on any atom is 0.233 e. The smallest absolute Gasteiger partial charge is 0.233 e. The van der Waals surface area contributed by atoms with E-state index < -0.39 is 11.1 Å². The Morgan fingerprint density at radius 1 is 1.07 bits per heavy atom. The molecule has 0 saturated carbocycles. The average molecular weight is 390 g/mol. The molecule has 3 aliphatic rings. The molecule has 5 nitrogen and oxygen atoms in total. The molecular formula is C24H26N2O3. The Hall–Kier alpha value is -2.66. The van der Waals surface area contributed by atoms with Crippen LogP contribution in [0.25, 0.3) is 0 Å². The molecular weight excluding hydrogens is 364 g/mol. The highest BCUT2D eigenvalue weighted by molar-refractivity contribution is 5.90. The van der Waals surface area contributed by atoms with Crippen LogP contribution in [0, 0.1) is 0 Å². The number of hydrogen-bond acceptors (Lipinski definition) is 3. The summed E-state index contributed by atoms with van der Waals surface area (Å²) in [5.74, 6) is 0.149. The van der Waals surface area contributed by atoms with E-state index in [1.807, 2.05) is 84.3 Å². The number of ether oxygens (including phenoxy) is 1. The Balaban J connectivity index is 1.44. The van der Waals surface area contributed by atoms with Crippen LogP contribution in [0.15, 0.2) is 60.7 Å². The van der Waals surface area contributed by atoms with Crippen molar-refractivity contribution in [1.29, 1.82) is 0 Å². The fourth-order valence-corrected chi connectivity index (χ4v) is 5.25. The van der Waals surface area contributed by atoms with Gasteiger partial charge in [0.25, 0.3) is 0 Å². The summed E-state index contributed by atoms with van der Waals surface area (Å²) in [6.07, 6.45) is 0.877. The standard InChI is InChI=1S/C24H26N2O3/c1-23(2,18-11-7-4-8-12-18)22(28)25-14-13-24-20(25)15-21(27)26(24)16-19(29-24)17-9-5-3-6-10-17/h3-12,19-20H,13-16H2,1-2H3/t19-,20-,24+/m1/s1. The molecule has 3 aliphatic heterocycles. The van der Waals surface area contributed by atoms with Crippen molar-refractivity contribution in [2.45, 2.75) is 50.0 Å². The molecule has 0 N–H and O–H groups in total. The van der Waals surface area contributed by atoms with Crippen molar-refractivity contribution in [3.8, 4) is 0 Å². The van der Waals surface area contributed by atoms with E-state index in [0.717, 1.165) is 11.1 Å². The number of benzene rings is 2. The molecule has 0 bridgehead atoms. The molecule has 3 saturated heterocycles. The van der Waals surface area contributed by atoms with Gasteiger partial charge in [0.05, 0.1) is 24.4 Å². The van der Waals surface area contributed by atoms with Crippen LogP contribution < -0.4 is 0 Å². The molecule has 0 unspecified atom stereocenters. The summed E-state index contributed by atoms with van der Waals surface area (Å²) in [7, 11) is 0. The van der Waals surface area contributed by atoms with E-state index in [0.29, 0.717) is 25.9 Å². The van der Waals surface area contributed by atoms with E-state index in [-0.39, 0.29) is 24.0 Å². The van der Waals surface area contributed by atoms with Crippen LogP contribution in [-0.4, -0.2) is 46.5 Å². The largest absolute Gasteiger partial charge is 0.343 e. The third kappa shape index (κ3) is 2.64. The lowest BCUT2D eigenvalue weighted by molar-refractivity contribution is -0.145. The second kappa shape index (κ2) is 6.42. The predicted octanol–water partition coefficient (Wildman–Crippen LogP) is 3.27. The number of rotatable bonds is 3. The molecule has 0 aliphatic carbocycles. The molecule has 3 fully saturated rings. The maximum atomic E-state index is 13.6. The molecule has 5 heteroatoms. The number of carbonyl (C=O) groups is 2. The fraction of sp³-hybridized carbons (Fsp3) is 0.417. The van der Waals surface area contributed by atoms with Gasteiger partial charge in [-0.15, -0.1) is 0 Å². The molecule has 2 aromatic carbocycles. The van der Waals surface area contributed by atoms with E-state index in [1.54, 1.807) is 0 Å². The van der Waals surface area contributed by atoms with Crippen LogP contribution in [0.1, 0.15) is 43.9 Å². The van der Waals surface area contributed by atoms with Crippen molar-refractivity contribution in [1.82, 2.24) is 9.80 Å². The predicted molar refractivity (Wildman–Crippen MR) is 109 cm³/mol. The molecule has 2 aromatic rings. The zero-order chi connectivity index (χ0) is 20.2. The highest BCUT2D eigenvalue weighted by atomic mass is 16.5. The molecule has 3 heterocycles. The second-order valence-corrected chi connectivity index (χ2v) is 8.83. The summed E-state index contributed by atoms with van der Waals surface area (Å²) >= 11 is 0. The van der Waals surface area contributed by atoms with Crippen LogP contribution in [0.5, 0.6) is 0 Å². The zero-order valence-corrected chi connectivity index (χ0v) is 16.9. The Bertz CT molecular complexity index is 943. The summed E-state index contributed by atoms with van der Waals surface area (Å²) in [4.78, 5) is 30.2. The van der Waals surface area contributed by atoms with Crippen LogP contribution >= 0.6 is 0 Å². The number of likely N-dealkylation sites (tertiary alicyclic amines) is 1. The van der Waals surface area contributed by atoms with E-state index in [9.17, 15) is 9.59 Å². The third-order valence-electron chi connectivity index (χ3n) is 6.89. The van der Waals surface area contributed by atoms with Crippen LogP contribution in [0.4, 0.5) is 0 Å². The second-order valence-electron chi connectivity index (χ2n) is 8.83. The monoisotopic (exact) mass is 390 g/mol. The first-order valence-electron chi connectivity index (χ1n) is 10.3. The lowest BCUT2D eigenvalue weighted by Crippen LogP contribution is -2.51. The first-order chi connectivity index (χ1) is 13.9. The minimum atomic E-state index is -0.681. The molecule has 29 heavy (non-hydrogen) atoms. The minimum absolute atomic E-state index is 0.0620. The van der Waals surface area contributed by atoms with Gasteiger partial charge in [-0.05, 0) is 25.0 Å². The van der Waals surface area contributed by atoms with Gasteiger partial charge in [-0.1, -0.05) is 60.7 Å². The Kier molecular flexibility index (Phi) is 4.07. The normalized spacial score (nSPS) is 28.6. The third-order valence-corrected chi connectivity index (χ3v) is 6.89. The summed E-state index contributed by atoms with van der Waals surface area (Å²) in [6, 6.07) is 19.7. The first kappa shape index (κ1) is 18.4. The summed E-state index contributed by atoms with van der Waals surface area (Å²) in [5, 5.41) is 0. The van der Waals surface area contributed by atoms with Gasteiger partial charge >= 0.3 is 0 Å². The van der Waals surface area contributed by atoms with Crippen LogP contribution in [-0.2, 0) is 19.7 Å². The Morgan fingerprint density at radius 2 is 1.72 bits per heavy atom. The molecule has 150 valence electrons. The summed E-state index contributed by atoms with van der Waals surface area (Å²) in [6.45, 7) is 5.10. The van der Waals surface area contributed by atoms with Gasteiger partial charge in [-0.3, -0.25) is 9.59 Å². The lowest BCUT2D eigenvalue weighted by Gasteiger charge is -2.35. The van der Waals surface area contributed by atoms with E-state index in [1.165, 1.54) is 0 Å². The Labute approximate surface area is 171 Å². The summed E-state index contributed by atoms with van der Waals surface area (Å²) < 4.78 is 6.56. The van der Waals surface area contributed by atoms with Crippen molar-refractivity contribution < 1.29 is 14.3 Å². The number of hydrogen-bond donors (Lipinski definition) is 0. The van der Waals surface area contributed by atoms with Crippen molar-refractivity contribution >= 4 is 11.8 Å². The maximum absolute atomic E-state index is 13.6. The van der Waals surface area contributed by atoms with Gasteiger partial charge in [-0.25, -0.2) is 0 Å². The molecule has 0 aromatic heterocycles. The van der Waals surface area contributed by atoms with Crippen molar-refractivity contribution in [2.75, 3.05) is 13.1 Å². The van der Waals surface area contributed by atoms with Crippen molar-refractivity contribution in [3.05, 3.63) is 71.8 Å². The minimum Gasteiger partial charge on any atom is -0.343 e. The molecule has 0 radical (unpaired) electrons. The van der Waals surface area contributed by atoms with E-state index in [4.69, 9.17) is 4.74 Å². The Morgan fingerprint density at radius 3 is 2.41 bits per heavy atom. The zero-order valence-electron chi connectivity index (χ0n) is 16.9. The SMILES string of the molecule is CC(C)(C(=O)N1CC[C@@]23O[C@@H](c4ccccc4)CN2C(=O)C[C@@H]13)c1ccccc1. The van der Waals surface area contributed by atoms with Gasteiger partial charge in [0.15, 0.2) is 5.72 Å². The van der Waals surface area contributed by atoms with Crippen molar-refractivity contribution in [3.63, 3.8) is 0 Å². The summed E-state index contributed by atoms with van der Waals surface area (Å²) in [5.41, 5.74) is 0.736. The van der Waals surface area contributed by atoms with Gasteiger partial charge in [0.2, 0.25) is 11.8 Å². The first-order valence-corrected chi connectivity index (χ1v) is 10.3. The molecule has 3 atom stereocenters. The highest BCUT2D eigenvalue weighted by Gasteiger charge is 2.65. The molecule has 5 rings (SSSR count). The van der Waals surface area contributed by atoms with Crippen LogP contribution in [0.2, 0.25) is 0 Å². The highest BCUT2D eigenvalue weighted by Crippen LogP contribution is 2.51. The van der Waals surface area contributed by atoms with Crippen molar-refractivity contribution in [2.24, 2.45) is 0 Å². The van der Waals surface area contributed by atoms with Gasteiger partial charge in [-0.2, -0.15) is 0 Å². The lowest BCUT2D eigenvalue weighted by atomic mass is 9.83. The fourth-order valence-electron chi connectivity index (χ4n) is 5.25. The van der Waals surface area contributed by atoms with Gasteiger partial charge in [0, 0.05) is 13.0 Å². The van der Waals surface area contributed by atoms with Crippen LogP contribution in [0.3, 0.4) is 0 Å². The van der Waals surface area contributed by atoms with Gasteiger partial charge in [0.1, 0.15) is 6.10 Å². The number of nitrogens with zero attached hydrogens (tertiary/aromatic N) is 2. The van der Waals surface area contributed by atoms with Gasteiger partial charge < -0.3 is 14.5 Å². The topological polar surface area (TPSA) is 49.9 Å². The quantitative estimate of drug-likeness (QED) is 0.808.